The normalized spacial score (nSPS) is 11.7. The molecule has 0 aliphatic rings. The van der Waals surface area contributed by atoms with Crippen LogP contribution in [0, 0.1) is 0 Å². The van der Waals surface area contributed by atoms with Crippen molar-refractivity contribution in [2.24, 2.45) is 0 Å². The molecule has 2 heteroatoms. The highest BCUT2D eigenvalue weighted by atomic mass is 35.5. The van der Waals surface area contributed by atoms with Gasteiger partial charge in [-0.15, -0.1) is 0 Å². The van der Waals surface area contributed by atoms with Gasteiger partial charge in [-0.2, -0.15) is 0 Å². The van der Waals surface area contributed by atoms with E-state index in [1.165, 1.54) is 54.8 Å². The molecule has 0 radical (unpaired) electrons. The number of para-hydroxylation sites is 2. The van der Waals surface area contributed by atoms with Crippen LogP contribution < -0.4 is 0 Å². The molecule has 1 aromatic heterocycles. The van der Waals surface area contributed by atoms with Gasteiger partial charge >= 0.3 is 0 Å². The van der Waals surface area contributed by atoms with E-state index in [0.29, 0.717) is 0 Å². The van der Waals surface area contributed by atoms with Crippen LogP contribution in [0.1, 0.15) is 0 Å². The summed E-state index contributed by atoms with van der Waals surface area (Å²) in [5.41, 5.74) is 5.99. The summed E-state index contributed by atoms with van der Waals surface area (Å²) in [4.78, 5) is 0. The monoisotopic (exact) mass is 453 g/mol. The third-order valence-electron chi connectivity index (χ3n) is 6.85. The molecule has 0 amide bonds. The maximum absolute atomic E-state index is 6.74. The molecule has 0 saturated carbocycles. The number of nitrogens with zero attached hydrogens (tertiary/aromatic N) is 1. The summed E-state index contributed by atoms with van der Waals surface area (Å²) in [6.45, 7) is 0. The molecule has 0 spiro atoms. The Morgan fingerprint density at radius 3 is 2.12 bits per heavy atom. The maximum atomic E-state index is 6.74. The summed E-state index contributed by atoms with van der Waals surface area (Å²) in [7, 11) is 0. The van der Waals surface area contributed by atoms with Gasteiger partial charge in [-0.1, -0.05) is 96.5 Å². The molecule has 0 aliphatic heterocycles. The highest BCUT2D eigenvalue weighted by Gasteiger charge is 2.15. The first-order valence-electron chi connectivity index (χ1n) is 11.5. The van der Waals surface area contributed by atoms with Crippen LogP contribution in [0.5, 0.6) is 0 Å². The number of fused-ring (bicyclic) bond motifs is 6. The van der Waals surface area contributed by atoms with Crippen molar-refractivity contribution in [2.45, 2.75) is 0 Å². The Morgan fingerprint density at radius 1 is 0.500 bits per heavy atom. The molecule has 0 unspecified atom stereocenters. The largest absolute Gasteiger partial charge is 0.309 e. The van der Waals surface area contributed by atoms with E-state index >= 15 is 0 Å². The summed E-state index contributed by atoms with van der Waals surface area (Å²) in [6.07, 6.45) is 0. The minimum atomic E-state index is 0.789. The van der Waals surface area contributed by atoms with Crippen LogP contribution in [0.15, 0.2) is 121 Å². The Kier molecular flexibility index (Phi) is 4.27. The fraction of sp³-hybridized carbons (Fsp3) is 0. The molecule has 7 aromatic rings. The quantitative estimate of drug-likeness (QED) is 0.230. The Hall–Kier alpha value is -4.07. The molecule has 7 rings (SSSR count). The van der Waals surface area contributed by atoms with Crippen molar-refractivity contribution in [2.75, 3.05) is 0 Å². The Labute approximate surface area is 202 Å². The van der Waals surface area contributed by atoms with E-state index in [1.54, 1.807) is 0 Å². The molecule has 1 heterocycles. The zero-order valence-corrected chi connectivity index (χ0v) is 19.1. The number of benzene rings is 6. The fourth-order valence-electron chi connectivity index (χ4n) is 5.33. The van der Waals surface area contributed by atoms with Crippen molar-refractivity contribution in [3.63, 3.8) is 0 Å². The van der Waals surface area contributed by atoms with Gasteiger partial charge in [-0.3, -0.25) is 0 Å². The van der Waals surface area contributed by atoms with E-state index in [-0.39, 0.29) is 0 Å². The van der Waals surface area contributed by atoms with Gasteiger partial charge in [0.15, 0.2) is 0 Å². The summed E-state index contributed by atoms with van der Waals surface area (Å²) in [6, 6.07) is 43.1. The molecular weight excluding hydrogens is 434 g/mol. The van der Waals surface area contributed by atoms with Crippen LogP contribution in [0.2, 0.25) is 5.02 Å². The smallest absolute Gasteiger partial charge is 0.0541 e. The second kappa shape index (κ2) is 7.48. The van der Waals surface area contributed by atoms with E-state index in [9.17, 15) is 0 Å². The SMILES string of the molecule is Clc1ccc(-c2ccc3c(c2)c2ccccc2n3-c2ccccc2)c2ccc3ccccc3c12. The second-order valence-corrected chi connectivity index (χ2v) is 9.13. The Balaban J connectivity index is 1.54. The summed E-state index contributed by atoms with van der Waals surface area (Å²) >= 11 is 6.74. The van der Waals surface area contributed by atoms with E-state index in [0.717, 1.165) is 10.4 Å². The second-order valence-electron chi connectivity index (χ2n) is 8.72. The number of halogens is 1. The van der Waals surface area contributed by atoms with Crippen molar-refractivity contribution in [1.29, 1.82) is 0 Å². The molecule has 0 fully saturated rings. The molecule has 0 aliphatic carbocycles. The van der Waals surface area contributed by atoms with E-state index in [4.69, 9.17) is 11.6 Å². The summed E-state index contributed by atoms with van der Waals surface area (Å²) in [5, 5.41) is 7.98. The first-order valence-corrected chi connectivity index (χ1v) is 11.9. The van der Waals surface area contributed by atoms with Crippen molar-refractivity contribution in [3.8, 4) is 16.8 Å². The molecule has 0 atom stereocenters. The molecule has 1 nitrogen and oxygen atoms in total. The van der Waals surface area contributed by atoms with Gasteiger partial charge < -0.3 is 4.57 Å². The van der Waals surface area contributed by atoms with Crippen molar-refractivity contribution < 1.29 is 0 Å². The van der Waals surface area contributed by atoms with Crippen LogP contribution in [0.3, 0.4) is 0 Å². The van der Waals surface area contributed by atoms with Gasteiger partial charge in [-0.25, -0.2) is 0 Å². The van der Waals surface area contributed by atoms with E-state index < -0.39 is 0 Å². The maximum Gasteiger partial charge on any atom is 0.0541 e. The van der Waals surface area contributed by atoms with Crippen LogP contribution in [-0.2, 0) is 0 Å². The fourth-order valence-corrected chi connectivity index (χ4v) is 5.60. The van der Waals surface area contributed by atoms with Crippen molar-refractivity contribution in [3.05, 3.63) is 126 Å². The zero-order chi connectivity index (χ0) is 22.6. The van der Waals surface area contributed by atoms with Crippen molar-refractivity contribution >= 4 is 55.0 Å². The molecule has 160 valence electrons. The third kappa shape index (κ3) is 2.81. The van der Waals surface area contributed by atoms with Crippen LogP contribution >= 0.6 is 11.6 Å². The van der Waals surface area contributed by atoms with Gasteiger partial charge in [0.2, 0.25) is 0 Å². The zero-order valence-electron chi connectivity index (χ0n) is 18.4. The van der Waals surface area contributed by atoms with Gasteiger partial charge in [-0.05, 0) is 63.7 Å². The highest BCUT2D eigenvalue weighted by Crippen LogP contribution is 2.40. The minimum absolute atomic E-state index is 0.789. The summed E-state index contributed by atoms with van der Waals surface area (Å²) < 4.78 is 2.35. The number of rotatable bonds is 2. The molecule has 6 aromatic carbocycles. The molecule has 0 saturated heterocycles. The number of hydrogen-bond donors (Lipinski definition) is 0. The van der Waals surface area contributed by atoms with Crippen LogP contribution in [0.4, 0.5) is 0 Å². The van der Waals surface area contributed by atoms with E-state index in [2.05, 4.69) is 120 Å². The molecular formula is C32H20ClN. The van der Waals surface area contributed by atoms with Gasteiger partial charge in [0.25, 0.3) is 0 Å². The predicted molar refractivity (Wildman–Crippen MR) is 146 cm³/mol. The highest BCUT2D eigenvalue weighted by molar-refractivity contribution is 6.38. The average molecular weight is 454 g/mol. The van der Waals surface area contributed by atoms with E-state index in [1.807, 2.05) is 6.07 Å². The third-order valence-corrected chi connectivity index (χ3v) is 7.17. The van der Waals surface area contributed by atoms with Gasteiger partial charge in [0, 0.05) is 26.9 Å². The average Bonchev–Trinajstić information content (AvgIpc) is 3.23. The summed E-state index contributed by atoms with van der Waals surface area (Å²) in [5.74, 6) is 0. The lowest BCUT2D eigenvalue weighted by Gasteiger charge is -2.12. The number of aromatic nitrogens is 1. The lowest BCUT2D eigenvalue weighted by molar-refractivity contribution is 1.18. The Bertz CT molecular complexity index is 1860. The molecule has 0 N–H and O–H groups in total. The van der Waals surface area contributed by atoms with Crippen molar-refractivity contribution in [1.82, 2.24) is 4.57 Å². The van der Waals surface area contributed by atoms with Gasteiger partial charge in [0.05, 0.1) is 11.0 Å². The van der Waals surface area contributed by atoms with Crippen LogP contribution in [0.25, 0.3) is 60.2 Å². The standard InChI is InChI=1S/C32H20ClN/c33-29-18-17-24(27-16-14-21-8-4-5-11-25(21)32(27)29)22-15-19-31-28(20-22)26-12-6-7-13-30(26)34(31)23-9-2-1-3-10-23/h1-20H. The first kappa shape index (κ1) is 19.4. The predicted octanol–water partition coefficient (Wildman–Crippen LogP) is 9.41. The van der Waals surface area contributed by atoms with Gasteiger partial charge in [0.1, 0.15) is 0 Å². The Morgan fingerprint density at radius 2 is 1.24 bits per heavy atom. The topological polar surface area (TPSA) is 4.93 Å². The first-order chi connectivity index (χ1) is 16.8. The molecule has 34 heavy (non-hydrogen) atoms. The lowest BCUT2D eigenvalue weighted by Crippen LogP contribution is -1.92. The molecule has 0 bridgehead atoms. The lowest BCUT2D eigenvalue weighted by atomic mass is 9.94. The minimum Gasteiger partial charge on any atom is -0.309 e. The van der Waals surface area contributed by atoms with Crippen LogP contribution in [-0.4, -0.2) is 4.57 Å². The number of hydrogen-bond acceptors (Lipinski definition) is 0.